The molecule has 2 heteroatoms. The Kier molecular flexibility index (Phi) is 2.78. The molecule has 0 unspecified atom stereocenters. The summed E-state index contributed by atoms with van der Waals surface area (Å²) in [6, 6.07) is 2.28. The molecule has 0 amide bonds. The summed E-state index contributed by atoms with van der Waals surface area (Å²) in [5.41, 5.74) is -0.833. The smallest absolute Gasteiger partial charge is 0.0828 e. The molecule has 0 aromatic rings. The first-order valence-corrected chi connectivity index (χ1v) is 6.57. The van der Waals surface area contributed by atoms with Gasteiger partial charge < -0.3 is 5.11 Å². The first-order valence-electron chi connectivity index (χ1n) is 6.57. The van der Waals surface area contributed by atoms with Crippen LogP contribution in [0, 0.1) is 22.2 Å². The summed E-state index contributed by atoms with van der Waals surface area (Å²) in [7, 11) is 0. The van der Waals surface area contributed by atoms with E-state index in [9.17, 15) is 5.11 Å². The highest BCUT2D eigenvalue weighted by Crippen LogP contribution is 2.54. The van der Waals surface area contributed by atoms with Gasteiger partial charge in [-0.3, -0.25) is 0 Å². The van der Waals surface area contributed by atoms with Crippen molar-refractivity contribution in [2.75, 3.05) is 0 Å². The quantitative estimate of drug-likeness (QED) is 0.737. The highest BCUT2D eigenvalue weighted by molar-refractivity contribution is 5.09. The molecule has 0 saturated heterocycles. The van der Waals surface area contributed by atoms with Crippen LogP contribution in [-0.2, 0) is 0 Å². The third-order valence-corrected chi connectivity index (χ3v) is 5.24. The second kappa shape index (κ2) is 3.74. The second-order valence-electron chi connectivity index (χ2n) is 6.48. The first kappa shape index (κ1) is 11.9. The summed E-state index contributed by atoms with van der Waals surface area (Å²) in [4.78, 5) is 0. The maximum atomic E-state index is 10.6. The molecule has 2 fully saturated rings. The van der Waals surface area contributed by atoms with Gasteiger partial charge in [-0.15, -0.1) is 0 Å². The Morgan fingerprint density at radius 1 is 1.00 bits per heavy atom. The van der Waals surface area contributed by atoms with Crippen LogP contribution in [-0.4, -0.2) is 10.7 Å². The summed E-state index contributed by atoms with van der Waals surface area (Å²) in [6.07, 6.45) is 9.27. The Morgan fingerprint density at radius 3 is 1.94 bits per heavy atom. The highest BCUT2D eigenvalue weighted by Gasteiger charge is 2.50. The fourth-order valence-corrected chi connectivity index (χ4v) is 3.55. The molecule has 2 saturated carbocycles. The fourth-order valence-electron chi connectivity index (χ4n) is 3.55. The molecule has 0 heterocycles. The summed E-state index contributed by atoms with van der Waals surface area (Å²) < 4.78 is 0. The molecule has 2 rings (SSSR count). The van der Waals surface area contributed by atoms with E-state index >= 15 is 0 Å². The molecule has 0 atom stereocenters. The van der Waals surface area contributed by atoms with Crippen LogP contribution in [0.1, 0.15) is 65.2 Å². The minimum Gasteiger partial charge on any atom is -0.388 e. The van der Waals surface area contributed by atoms with Crippen LogP contribution in [0.15, 0.2) is 0 Å². The molecule has 0 bridgehead atoms. The van der Waals surface area contributed by atoms with E-state index in [-0.39, 0.29) is 0 Å². The van der Waals surface area contributed by atoms with Crippen molar-refractivity contribution in [2.45, 2.75) is 70.8 Å². The molecule has 0 aliphatic heterocycles. The minimum atomic E-state index is -0.754. The zero-order valence-corrected chi connectivity index (χ0v) is 10.6. The maximum absolute atomic E-state index is 10.6. The second-order valence-corrected chi connectivity index (χ2v) is 6.48. The molecule has 0 aromatic carbocycles. The minimum absolute atomic E-state index is 0.526. The molecule has 0 aromatic heterocycles. The topological polar surface area (TPSA) is 44.0 Å². The summed E-state index contributed by atoms with van der Waals surface area (Å²) >= 11 is 0. The van der Waals surface area contributed by atoms with E-state index in [0.29, 0.717) is 5.41 Å². The van der Waals surface area contributed by atoms with Crippen molar-refractivity contribution >= 4 is 0 Å². The molecule has 90 valence electrons. The lowest BCUT2D eigenvalue weighted by molar-refractivity contribution is -0.0922. The summed E-state index contributed by atoms with van der Waals surface area (Å²) in [5.74, 6) is 0. The van der Waals surface area contributed by atoms with Crippen LogP contribution in [0.2, 0.25) is 0 Å². The Morgan fingerprint density at radius 2 is 1.50 bits per heavy atom. The first-order chi connectivity index (χ1) is 7.43. The Bertz CT molecular complexity index is 297. The third-order valence-electron chi connectivity index (χ3n) is 5.24. The number of hydrogen-bond acceptors (Lipinski definition) is 2. The van der Waals surface area contributed by atoms with Gasteiger partial charge in [-0.2, -0.15) is 5.26 Å². The largest absolute Gasteiger partial charge is 0.388 e. The molecule has 2 aliphatic rings. The molecule has 2 nitrogen and oxygen atoms in total. The standard InChI is InChI=1S/C14H23NO/c1-12(2,11-15)14(16)9-7-13(8-10-14)5-3-4-6-13/h16H,3-10H2,1-2H3. The lowest BCUT2D eigenvalue weighted by Crippen LogP contribution is -2.48. The van der Waals surface area contributed by atoms with Crippen molar-refractivity contribution in [2.24, 2.45) is 10.8 Å². The molecule has 1 spiro atoms. The number of nitriles is 1. The maximum Gasteiger partial charge on any atom is 0.0828 e. The Labute approximate surface area is 98.7 Å². The zero-order valence-electron chi connectivity index (χ0n) is 10.6. The van der Waals surface area contributed by atoms with Gasteiger partial charge in [0.15, 0.2) is 0 Å². The lowest BCUT2D eigenvalue weighted by Gasteiger charge is -2.47. The van der Waals surface area contributed by atoms with Gasteiger partial charge in [-0.1, -0.05) is 12.8 Å². The number of aliphatic hydroxyl groups is 1. The monoisotopic (exact) mass is 221 g/mol. The Hall–Kier alpha value is -0.550. The van der Waals surface area contributed by atoms with Crippen LogP contribution >= 0.6 is 0 Å². The fraction of sp³-hybridized carbons (Fsp3) is 0.929. The predicted molar refractivity (Wildman–Crippen MR) is 63.7 cm³/mol. The van der Waals surface area contributed by atoms with Gasteiger partial charge in [-0.25, -0.2) is 0 Å². The van der Waals surface area contributed by atoms with Crippen molar-refractivity contribution in [3.63, 3.8) is 0 Å². The van der Waals surface area contributed by atoms with Crippen LogP contribution in [0.25, 0.3) is 0 Å². The average molecular weight is 221 g/mol. The number of rotatable bonds is 1. The van der Waals surface area contributed by atoms with Crippen LogP contribution in [0.4, 0.5) is 0 Å². The van der Waals surface area contributed by atoms with Crippen molar-refractivity contribution in [3.05, 3.63) is 0 Å². The third kappa shape index (κ3) is 1.76. The van der Waals surface area contributed by atoms with Crippen molar-refractivity contribution in [1.29, 1.82) is 5.26 Å². The Balaban J connectivity index is 2.07. The van der Waals surface area contributed by atoms with Gasteiger partial charge >= 0.3 is 0 Å². The number of hydrogen-bond donors (Lipinski definition) is 1. The molecule has 1 N–H and O–H groups in total. The van der Waals surface area contributed by atoms with E-state index in [0.717, 1.165) is 25.7 Å². The van der Waals surface area contributed by atoms with Crippen LogP contribution in [0.5, 0.6) is 0 Å². The van der Waals surface area contributed by atoms with E-state index in [4.69, 9.17) is 5.26 Å². The predicted octanol–water partition coefficient (Wildman–Crippen LogP) is 3.40. The van der Waals surface area contributed by atoms with E-state index in [2.05, 4.69) is 6.07 Å². The van der Waals surface area contributed by atoms with E-state index in [1.807, 2.05) is 13.8 Å². The van der Waals surface area contributed by atoms with Crippen molar-refractivity contribution < 1.29 is 5.11 Å². The van der Waals surface area contributed by atoms with E-state index in [1.54, 1.807) is 0 Å². The van der Waals surface area contributed by atoms with Gasteiger partial charge in [0.1, 0.15) is 0 Å². The molecule has 16 heavy (non-hydrogen) atoms. The van der Waals surface area contributed by atoms with Gasteiger partial charge in [0, 0.05) is 0 Å². The molecule has 0 radical (unpaired) electrons. The van der Waals surface area contributed by atoms with Crippen molar-refractivity contribution in [1.82, 2.24) is 0 Å². The van der Waals surface area contributed by atoms with E-state index < -0.39 is 11.0 Å². The molecule has 2 aliphatic carbocycles. The lowest BCUT2D eigenvalue weighted by atomic mass is 9.60. The summed E-state index contributed by atoms with van der Waals surface area (Å²) in [5, 5.41) is 19.8. The zero-order chi connectivity index (χ0) is 11.9. The normalized spacial score (nSPS) is 27.9. The van der Waals surface area contributed by atoms with Crippen LogP contribution in [0.3, 0.4) is 0 Å². The van der Waals surface area contributed by atoms with Crippen LogP contribution < -0.4 is 0 Å². The van der Waals surface area contributed by atoms with Gasteiger partial charge in [0.05, 0.1) is 17.1 Å². The van der Waals surface area contributed by atoms with E-state index in [1.165, 1.54) is 25.7 Å². The van der Waals surface area contributed by atoms with Crippen molar-refractivity contribution in [3.8, 4) is 6.07 Å². The summed E-state index contributed by atoms with van der Waals surface area (Å²) in [6.45, 7) is 3.75. The molecular formula is C14H23NO. The molecular weight excluding hydrogens is 198 g/mol. The number of nitrogens with zero attached hydrogens (tertiary/aromatic N) is 1. The SMILES string of the molecule is CC(C)(C#N)C1(O)CCC2(CCCC2)CC1. The van der Waals surface area contributed by atoms with Gasteiger partial charge in [-0.05, 0) is 57.8 Å². The average Bonchev–Trinajstić information content (AvgIpc) is 2.72. The van der Waals surface area contributed by atoms with Gasteiger partial charge in [0.2, 0.25) is 0 Å². The van der Waals surface area contributed by atoms with Gasteiger partial charge in [0.25, 0.3) is 0 Å². The highest BCUT2D eigenvalue weighted by atomic mass is 16.3.